The number of halogens is 1. The summed E-state index contributed by atoms with van der Waals surface area (Å²) < 4.78 is 13.4. The minimum Gasteiger partial charge on any atom is -0.481 e. The number of carbonyl (C=O) groups is 2. The molecule has 1 amide bonds. The number of carboxylic acids is 1. The van der Waals surface area contributed by atoms with Crippen LogP contribution < -0.4 is 5.32 Å². The van der Waals surface area contributed by atoms with Crippen molar-refractivity contribution in [1.82, 2.24) is 5.32 Å². The molecule has 0 heterocycles. The smallest absolute Gasteiger partial charge is 0.308 e. The normalized spacial score (nSPS) is 22.4. The molecule has 1 saturated carbocycles. The number of nitrogens with one attached hydrogen (secondary N) is 1. The zero-order chi connectivity index (χ0) is 15.4. The largest absolute Gasteiger partial charge is 0.481 e. The predicted molar refractivity (Wildman–Crippen MR) is 76.6 cm³/mol. The molecule has 5 heteroatoms. The average molecular weight is 293 g/mol. The summed E-state index contributed by atoms with van der Waals surface area (Å²) in [5.41, 5.74) is 0.900. The van der Waals surface area contributed by atoms with Crippen molar-refractivity contribution in [2.75, 3.05) is 0 Å². The maximum Gasteiger partial charge on any atom is 0.308 e. The van der Waals surface area contributed by atoms with Gasteiger partial charge in [-0.2, -0.15) is 0 Å². The van der Waals surface area contributed by atoms with E-state index in [0.717, 1.165) is 19.3 Å². The Morgan fingerprint density at radius 3 is 2.57 bits per heavy atom. The van der Waals surface area contributed by atoms with E-state index in [4.69, 9.17) is 0 Å². The highest BCUT2D eigenvalue weighted by molar-refractivity contribution is 5.94. The summed E-state index contributed by atoms with van der Waals surface area (Å²) in [6, 6.07) is 3.74. The first kappa shape index (κ1) is 15.5. The van der Waals surface area contributed by atoms with Crippen LogP contribution in [0.4, 0.5) is 4.39 Å². The Hall–Kier alpha value is -1.91. The molecule has 0 spiro atoms. The van der Waals surface area contributed by atoms with Crippen LogP contribution in [0.3, 0.4) is 0 Å². The minimum atomic E-state index is -0.877. The highest BCUT2D eigenvalue weighted by atomic mass is 19.1. The first-order valence-electron chi connectivity index (χ1n) is 7.28. The zero-order valence-corrected chi connectivity index (χ0v) is 12.1. The van der Waals surface area contributed by atoms with Crippen molar-refractivity contribution in [3.8, 4) is 0 Å². The first-order chi connectivity index (χ1) is 9.97. The van der Waals surface area contributed by atoms with Crippen LogP contribution in [-0.2, 0) is 4.79 Å². The van der Waals surface area contributed by atoms with E-state index in [-0.39, 0.29) is 11.6 Å². The van der Waals surface area contributed by atoms with Crippen LogP contribution in [-0.4, -0.2) is 23.0 Å². The highest BCUT2D eigenvalue weighted by Gasteiger charge is 2.30. The molecule has 0 aromatic heterocycles. The zero-order valence-electron chi connectivity index (χ0n) is 12.1. The summed E-state index contributed by atoms with van der Waals surface area (Å²) in [5, 5.41) is 12.1. The molecule has 4 nitrogen and oxygen atoms in total. The molecule has 114 valence electrons. The number of benzene rings is 1. The van der Waals surface area contributed by atoms with E-state index in [1.807, 2.05) is 0 Å². The van der Waals surface area contributed by atoms with Crippen LogP contribution in [0.15, 0.2) is 18.2 Å². The number of aryl methyl sites for hydroxylation is 1. The van der Waals surface area contributed by atoms with Gasteiger partial charge in [0.05, 0.1) is 5.92 Å². The van der Waals surface area contributed by atoms with E-state index >= 15 is 0 Å². The Bertz CT molecular complexity index is 524. The standard InChI is InChI=1S/C16H20FNO3/c1-10-7-11(9-12(17)8-10)15(19)18-14-6-4-2-3-5-13(14)16(20)21/h7-9,13-14H,2-6H2,1H3,(H,18,19)(H,20,21)/t13-,14+/m1/s1. The van der Waals surface area contributed by atoms with Crippen molar-refractivity contribution >= 4 is 11.9 Å². The lowest BCUT2D eigenvalue weighted by Gasteiger charge is -2.23. The molecule has 0 saturated heterocycles. The van der Waals surface area contributed by atoms with Gasteiger partial charge in [0.2, 0.25) is 0 Å². The van der Waals surface area contributed by atoms with Gasteiger partial charge in [-0.05, 0) is 43.5 Å². The number of amides is 1. The lowest BCUT2D eigenvalue weighted by Crippen LogP contribution is -2.42. The van der Waals surface area contributed by atoms with E-state index < -0.39 is 23.6 Å². The van der Waals surface area contributed by atoms with Crippen molar-refractivity contribution in [1.29, 1.82) is 0 Å². The summed E-state index contributed by atoms with van der Waals surface area (Å²) in [4.78, 5) is 23.6. The summed E-state index contributed by atoms with van der Waals surface area (Å²) in [6.45, 7) is 1.71. The molecule has 0 radical (unpaired) electrons. The Morgan fingerprint density at radius 1 is 1.19 bits per heavy atom. The molecule has 0 bridgehead atoms. The van der Waals surface area contributed by atoms with E-state index in [1.54, 1.807) is 13.0 Å². The predicted octanol–water partition coefficient (Wildman–Crippen LogP) is 2.90. The van der Waals surface area contributed by atoms with Crippen molar-refractivity contribution in [3.63, 3.8) is 0 Å². The van der Waals surface area contributed by atoms with Crippen molar-refractivity contribution in [2.45, 2.75) is 45.1 Å². The molecule has 2 N–H and O–H groups in total. The van der Waals surface area contributed by atoms with Crippen LogP contribution >= 0.6 is 0 Å². The van der Waals surface area contributed by atoms with Crippen LogP contribution in [0.1, 0.15) is 48.0 Å². The van der Waals surface area contributed by atoms with Gasteiger partial charge in [-0.1, -0.05) is 19.3 Å². The van der Waals surface area contributed by atoms with Crippen molar-refractivity contribution in [2.24, 2.45) is 5.92 Å². The molecule has 1 aromatic rings. The molecule has 0 unspecified atom stereocenters. The maximum absolute atomic E-state index is 13.4. The summed E-state index contributed by atoms with van der Waals surface area (Å²) in [7, 11) is 0. The molecule has 1 aromatic carbocycles. The van der Waals surface area contributed by atoms with Crippen LogP contribution in [0.2, 0.25) is 0 Å². The third kappa shape index (κ3) is 4.03. The average Bonchev–Trinajstić information content (AvgIpc) is 2.63. The van der Waals surface area contributed by atoms with Gasteiger partial charge in [0, 0.05) is 11.6 Å². The molecule has 1 aliphatic rings. The molecular formula is C16H20FNO3. The quantitative estimate of drug-likeness (QED) is 0.842. The molecule has 0 aliphatic heterocycles. The van der Waals surface area contributed by atoms with Gasteiger partial charge in [0.15, 0.2) is 0 Å². The van der Waals surface area contributed by atoms with Gasteiger partial charge in [0.25, 0.3) is 5.91 Å². The number of carboxylic acid groups (broad SMARTS) is 1. The molecule has 21 heavy (non-hydrogen) atoms. The van der Waals surface area contributed by atoms with E-state index in [1.165, 1.54) is 12.1 Å². The third-order valence-electron chi connectivity index (χ3n) is 3.95. The molecular weight excluding hydrogens is 273 g/mol. The van der Waals surface area contributed by atoms with Gasteiger partial charge >= 0.3 is 5.97 Å². The number of aliphatic carboxylic acids is 1. The van der Waals surface area contributed by atoms with Gasteiger partial charge in [0.1, 0.15) is 5.82 Å². The van der Waals surface area contributed by atoms with Gasteiger partial charge < -0.3 is 10.4 Å². The third-order valence-corrected chi connectivity index (χ3v) is 3.95. The van der Waals surface area contributed by atoms with Gasteiger partial charge in [-0.25, -0.2) is 4.39 Å². The number of hydrogen-bond donors (Lipinski definition) is 2. The van der Waals surface area contributed by atoms with Crippen LogP contribution in [0, 0.1) is 18.7 Å². The monoisotopic (exact) mass is 293 g/mol. The Morgan fingerprint density at radius 2 is 1.90 bits per heavy atom. The number of rotatable bonds is 3. The molecule has 2 atom stereocenters. The number of hydrogen-bond acceptors (Lipinski definition) is 2. The second-order valence-electron chi connectivity index (χ2n) is 5.68. The van der Waals surface area contributed by atoms with Gasteiger partial charge in [-0.3, -0.25) is 9.59 Å². The Kier molecular flexibility index (Phi) is 4.94. The maximum atomic E-state index is 13.4. The topological polar surface area (TPSA) is 66.4 Å². The minimum absolute atomic E-state index is 0.237. The van der Waals surface area contributed by atoms with Crippen molar-refractivity contribution < 1.29 is 19.1 Å². The lowest BCUT2D eigenvalue weighted by molar-refractivity contribution is -0.142. The lowest BCUT2D eigenvalue weighted by atomic mass is 9.94. The highest BCUT2D eigenvalue weighted by Crippen LogP contribution is 2.24. The van der Waals surface area contributed by atoms with E-state index in [0.29, 0.717) is 18.4 Å². The van der Waals surface area contributed by atoms with Crippen LogP contribution in [0.5, 0.6) is 0 Å². The van der Waals surface area contributed by atoms with E-state index in [9.17, 15) is 19.1 Å². The fourth-order valence-electron chi connectivity index (χ4n) is 2.90. The summed E-state index contributed by atoms with van der Waals surface area (Å²) in [6.07, 6.45) is 3.97. The fraction of sp³-hybridized carbons (Fsp3) is 0.500. The Labute approximate surface area is 123 Å². The fourth-order valence-corrected chi connectivity index (χ4v) is 2.90. The van der Waals surface area contributed by atoms with Crippen molar-refractivity contribution in [3.05, 3.63) is 35.1 Å². The second kappa shape index (κ2) is 6.70. The van der Waals surface area contributed by atoms with E-state index in [2.05, 4.69) is 5.32 Å². The summed E-state index contributed by atoms with van der Waals surface area (Å²) in [5.74, 6) is -2.31. The van der Waals surface area contributed by atoms with Gasteiger partial charge in [-0.15, -0.1) is 0 Å². The molecule has 2 rings (SSSR count). The van der Waals surface area contributed by atoms with Crippen LogP contribution in [0.25, 0.3) is 0 Å². The second-order valence-corrected chi connectivity index (χ2v) is 5.68. The number of carbonyl (C=O) groups excluding carboxylic acids is 1. The SMILES string of the molecule is Cc1cc(F)cc(C(=O)N[C@H]2CCCCC[C@H]2C(=O)O)c1. The summed E-state index contributed by atoms with van der Waals surface area (Å²) >= 11 is 0. The molecule has 1 aliphatic carbocycles. The molecule has 1 fully saturated rings. The first-order valence-corrected chi connectivity index (χ1v) is 7.28. The Balaban J connectivity index is 2.14.